The average Bonchev–Trinajstić information content (AvgIpc) is 3.10. The van der Waals surface area contributed by atoms with Crippen LogP contribution in [0.2, 0.25) is 0 Å². The Morgan fingerprint density at radius 1 is 1.41 bits per heavy atom. The van der Waals surface area contributed by atoms with Gasteiger partial charge >= 0.3 is 0 Å². The van der Waals surface area contributed by atoms with E-state index in [1.807, 2.05) is 34.8 Å². The Labute approximate surface area is 146 Å². The van der Waals surface area contributed by atoms with Gasteiger partial charge in [-0.15, -0.1) is 36.2 Å². The molecule has 0 saturated carbocycles. The fourth-order valence-corrected chi connectivity index (χ4v) is 3.49. The van der Waals surface area contributed by atoms with E-state index in [1.54, 1.807) is 17.5 Å². The van der Waals surface area contributed by atoms with Gasteiger partial charge in [-0.2, -0.15) is 0 Å². The normalized spacial score (nSPS) is 17.0. The van der Waals surface area contributed by atoms with E-state index in [1.165, 1.54) is 0 Å². The van der Waals surface area contributed by atoms with Crippen molar-refractivity contribution in [2.45, 2.75) is 26.3 Å². The second-order valence-corrected chi connectivity index (χ2v) is 6.11. The third-order valence-electron chi connectivity index (χ3n) is 3.78. The molecule has 0 aliphatic carbocycles. The Kier molecular flexibility index (Phi) is 6.43. The van der Waals surface area contributed by atoms with Crippen LogP contribution in [0.1, 0.15) is 28.2 Å². The molecule has 22 heavy (non-hydrogen) atoms. The molecule has 1 aliphatic heterocycles. The van der Waals surface area contributed by atoms with E-state index in [-0.39, 0.29) is 36.8 Å². The van der Waals surface area contributed by atoms with Gasteiger partial charge in [0.25, 0.3) is 5.91 Å². The van der Waals surface area contributed by atoms with Crippen molar-refractivity contribution in [1.29, 1.82) is 0 Å². The van der Waals surface area contributed by atoms with Crippen molar-refractivity contribution >= 4 is 42.1 Å². The maximum Gasteiger partial charge on any atom is 0.255 e. The van der Waals surface area contributed by atoms with Crippen molar-refractivity contribution in [2.24, 2.45) is 5.73 Å². The zero-order valence-corrected chi connectivity index (χ0v) is 14.9. The number of hydrogen-bond acceptors (Lipinski definition) is 4. The number of carbonyl (C=O) groups is 1. The van der Waals surface area contributed by atoms with E-state index in [2.05, 4.69) is 4.98 Å². The van der Waals surface area contributed by atoms with Gasteiger partial charge in [-0.3, -0.25) is 9.36 Å². The smallest absolute Gasteiger partial charge is 0.255 e. The summed E-state index contributed by atoms with van der Waals surface area (Å²) >= 11 is 1.57. The highest BCUT2D eigenvalue weighted by atomic mass is 35.5. The maximum atomic E-state index is 12.6. The van der Waals surface area contributed by atoms with E-state index in [0.29, 0.717) is 6.54 Å². The van der Waals surface area contributed by atoms with Crippen LogP contribution in [-0.4, -0.2) is 39.5 Å². The number of aryl methyl sites for hydroxylation is 1. The predicted molar refractivity (Wildman–Crippen MR) is 93.9 cm³/mol. The van der Waals surface area contributed by atoms with Gasteiger partial charge in [-0.05, 0) is 26.3 Å². The minimum atomic E-state index is 0. The Bertz CT molecular complexity index is 642. The van der Waals surface area contributed by atoms with Gasteiger partial charge in [-0.25, -0.2) is 4.98 Å². The molecule has 8 heteroatoms. The standard InChI is InChI=1S/C14H18N4OS.2ClH/c1-9-7-12(13(19)17-5-3-11(15)8-17)10(2)18(9)14-16-4-6-20-14;;/h4,6-7,11H,3,5,8,15H2,1-2H3;2*1H/t11-;;/m1../s1. The summed E-state index contributed by atoms with van der Waals surface area (Å²) in [6.07, 6.45) is 2.66. The molecule has 1 fully saturated rings. The topological polar surface area (TPSA) is 64.2 Å². The molecule has 0 bridgehead atoms. The number of amides is 1. The molecule has 1 amide bonds. The molecule has 1 saturated heterocycles. The van der Waals surface area contributed by atoms with Crippen LogP contribution in [0.4, 0.5) is 0 Å². The summed E-state index contributed by atoms with van der Waals surface area (Å²) in [6.45, 7) is 5.37. The zero-order chi connectivity index (χ0) is 14.3. The molecule has 0 radical (unpaired) electrons. The number of likely N-dealkylation sites (tertiary alicyclic amines) is 1. The molecule has 3 rings (SSSR count). The lowest BCUT2D eigenvalue weighted by molar-refractivity contribution is 0.0790. The number of thiazole rings is 1. The first-order valence-electron chi connectivity index (χ1n) is 6.71. The minimum Gasteiger partial charge on any atom is -0.337 e. The summed E-state index contributed by atoms with van der Waals surface area (Å²) in [6, 6.07) is 2.06. The van der Waals surface area contributed by atoms with Gasteiger partial charge in [0, 0.05) is 42.1 Å². The lowest BCUT2D eigenvalue weighted by Crippen LogP contribution is -2.32. The Morgan fingerprint density at radius 2 is 2.14 bits per heavy atom. The minimum absolute atomic E-state index is 0. The average molecular weight is 363 g/mol. The Balaban J connectivity index is 0.00000121. The molecule has 0 spiro atoms. The molecule has 1 aliphatic rings. The van der Waals surface area contributed by atoms with Crippen LogP contribution in [0.3, 0.4) is 0 Å². The van der Waals surface area contributed by atoms with E-state index < -0.39 is 0 Å². The molecule has 3 heterocycles. The lowest BCUT2D eigenvalue weighted by Gasteiger charge is -2.15. The molecule has 0 aromatic carbocycles. The highest BCUT2D eigenvalue weighted by Crippen LogP contribution is 2.24. The molecule has 5 nitrogen and oxygen atoms in total. The third kappa shape index (κ3) is 3.30. The second kappa shape index (κ2) is 7.46. The van der Waals surface area contributed by atoms with Crippen LogP contribution in [0.15, 0.2) is 17.6 Å². The number of hydrogen-bond donors (Lipinski definition) is 1. The van der Waals surface area contributed by atoms with Gasteiger partial charge in [0.1, 0.15) is 0 Å². The number of carbonyl (C=O) groups excluding carboxylic acids is 1. The summed E-state index contributed by atoms with van der Waals surface area (Å²) in [5.74, 6) is 0.0776. The first-order chi connectivity index (χ1) is 9.58. The third-order valence-corrected chi connectivity index (χ3v) is 4.54. The molecule has 2 aromatic rings. The van der Waals surface area contributed by atoms with Crippen LogP contribution in [0.5, 0.6) is 0 Å². The molecule has 2 aromatic heterocycles. The largest absolute Gasteiger partial charge is 0.337 e. The fraction of sp³-hybridized carbons (Fsp3) is 0.429. The van der Waals surface area contributed by atoms with Crippen LogP contribution in [0.25, 0.3) is 5.13 Å². The van der Waals surface area contributed by atoms with Crippen LogP contribution >= 0.6 is 36.2 Å². The van der Waals surface area contributed by atoms with Crippen molar-refractivity contribution in [1.82, 2.24) is 14.5 Å². The zero-order valence-electron chi connectivity index (χ0n) is 12.5. The predicted octanol–water partition coefficient (Wildman–Crippen LogP) is 2.57. The number of aromatic nitrogens is 2. The van der Waals surface area contributed by atoms with E-state index in [4.69, 9.17) is 5.73 Å². The quantitative estimate of drug-likeness (QED) is 0.892. The highest BCUT2D eigenvalue weighted by molar-refractivity contribution is 7.12. The number of nitrogens with two attached hydrogens (primary N) is 1. The van der Waals surface area contributed by atoms with Crippen molar-refractivity contribution in [3.05, 3.63) is 34.6 Å². The second-order valence-electron chi connectivity index (χ2n) is 5.23. The van der Waals surface area contributed by atoms with Crippen molar-refractivity contribution in [3.8, 4) is 5.13 Å². The molecular formula is C14H20Cl2N4OS. The lowest BCUT2D eigenvalue weighted by atomic mass is 10.2. The van der Waals surface area contributed by atoms with Crippen LogP contribution in [-0.2, 0) is 0 Å². The van der Waals surface area contributed by atoms with Gasteiger partial charge in [0.2, 0.25) is 0 Å². The van der Waals surface area contributed by atoms with Gasteiger partial charge in [0.15, 0.2) is 5.13 Å². The van der Waals surface area contributed by atoms with Crippen molar-refractivity contribution in [2.75, 3.05) is 13.1 Å². The van der Waals surface area contributed by atoms with Crippen molar-refractivity contribution in [3.63, 3.8) is 0 Å². The maximum absolute atomic E-state index is 12.6. The molecular weight excluding hydrogens is 343 g/mol. The first kappa shape index (κ1) is 19.0. The Morgan fingerprint density at radius 3 is 2.68 bits per heavy atom. The SMILES string of the molecule is Cc1cc(C(=O)N2CC[C@@H](N)C2)c(C)n1-c1nccs1.Cl.Cl. The molecule has 122 valence electrons. The molecule has 0 unspecified atom stereocenters. The fourth-order valence-electron chi connectivity index (χ4n) is 2.74. The highest BCUT2D eigenvalue weighted by Gasteiger charge is 2.27. The van der Waals surface area contributed by atoms with Crippen molar-refractivity contribution < 1.29 is 4.79 Å². The van der Waals surface area contributed by atoms with Gasteiger partial charge in [0.05, 0.1) is 5.56 Å². The summed E-state index contributed by atoms with van der Waals surface area (Å²) in [7, 11) is 0. The summed E-state index contributed by atoms with van der Waals surface area (Å²) in [5, 5.41) is 2.84. The monoisotopic (exact) mass is 362 g/mol. The van der Waals surface area contributed by atoms with E-state index in [0.717, 1.165) is 35.0 Å². The van der Waals surface area contributed by atoms with Gasteiger partial charge < -0.3 is 10.6 Å². The molecule has 2 N–H and O–H groups in total. The van der Waals surface area contributed by atoms with Crippen LogP contribution in [0, 0.1) is 13.8 Å². The van der Waals surface area contributed by atoms with Gasteiger partial charge in [-0.1, -0.05) is 0 Å². The summed E-state index contributed by atoms with van der Waals surface area (Å²) < 4.78 is 2.04. The van der Waals surface area contributed by atoms with E-state index >= 15 is 0 Å². The van der Waals surface area contributed by atoms with E-state index in [9.17, 15) is 4.79 Å². The number of nitrogens with zero attached hydrogens (tertiary/aromatic N) is 3. The summed E-state index contributed by atoms with van der Waals surface area (Å²) in [5.41, 5.74) is 8.62. The molecule has 1 atom stereocenters. The Hall–Kier alpha value is -1.08. The number of halogens is 2. The first-order valence-corrected chi connectivity index (χ1v) is 7.59. The van der Waals surface area contributed by atoms with Crippen LogP contribution < -0.4 is 5.73 Å². The summed E-state index contributed by atoms with van der Waals surface area (Å²) in [4.78, 5) is 18.8. The number of rotatable bonds is 2.